The first-order valence-electron chi connectivity index (χ1n) is 6.68. The van der Waals surface area contributed by atoms with Crippen molar-refractivity contribution in [3.8, 4) is 0 Å². The summed E-state index contributed by atoms with van der Waals surface area (Å²) in [7, 11) is 0. The van der Waals surface area contributed by atoms with E-state index in [1.807, 2.05) is 36.5 Å². The predicted molar refractivity (Wildman–Crippen MR) is 73.2 cm³/mol. The van der Waals surface area contributed by atoms with Crippen LogP contribution in [0, 0.1) is 0 Å². The number of nitrogens with zero attached hydrogens (tertiary/aromatic N) is 2. The number of carbonyl (C=O) groups excluding carboxylic acids is 1. The molecule has 2 heterocycles. The molecule has 0 unspecified atom stereocenters. The normalized spacial score (nSPS) is 16.4. The molecule has 0 aliphatic carbocycles. The van der Waals surface area contributed by atoms with Crippen LogP contribution in [0.5, 0.6) is 0 Å². The molecule has 0 amide bonds. The van der Waals surface area contributed by atoms with E-state index in [0.717, 1.165) is 25.9 Å². The molecule has 1 aromatic heterocycles. The maximum absolute atomic E-state index is 12.3. The van der Waals surface area contributed by atoms with Crippen LogP contribution in [-0.4, -0.2) is 28.4 Å². The first-order chi connectivity index (χ1) is 9.34. The molecule has 1 N–H and O–H groups in total. The monoisotopic (exact) mass is 255 g/mol. The van der Waals surface area contributed by atoms with E-state index in [1.165, 1.54) is 0 Å². The van der Waals surface area contributed by atoms with E-state index >= 15 is 0 Å². The number of aromatic nitrogens is 2. The maximum atomic E-state index is 12.3. The Labute approximate surface area is 112 Å². The zero-order chi connectivity index (χ0) is 13.1. The highest BCUT2D eigenvalue weighted by Gasteiger charge is 2.17. The van der Waals surface area contributed by atoms with Gasteiger partial charge in [0, 0.05) is 17.8 Å². The van der Waals surface area contributed by atoms with Crippen molar-refractivity contribution in [1.82, 2.24) is 14.9 Å². The van der Waals surface area contributed by atoms with Crippen molar-refractivity contribution in [1.29, 1.82) is 0 Å². The summed E-state index contributed by atoms with van der Waals surface area (Å²) >= 11 is 0. The molecule has 1 aliphatic heterocycles. The molecular weight excluding hydrogens is 238 g/mol. The molecule has 1 fully saturated rings. The van der Waals surface area contributed by atoms with Crippen molar-refractivity contribution in [2.45, 2.75) is 18.9 Å². The molecule has 0 radical (unpaired) electrons. The van der Waals surface area contributed by atoms with Crippen LogP contribution in [0.25, 0.3) is 0 Å². The van der Waals surface area contributed by atoms with E-state index in [1.54, 1.807) is 6.33 Å². The lowest BCUT2D eigenvalue weighted by Crippen LogP contribution is -2.28. The smallest absolute Gasteiger partial charge is 0.212 e. The van der Waals surface area contributed by atoms with Gasteiger partial charge in [-0.3, -0.25) is 4.79 Å². The van der Waals surface area contributed by atoms with Gasteiger partial charge in [0.2, 0.25) is 5.78 Å². The minimum absolute atomic E-state index is 0.00622. The van der Waals surface area contributed by atoms with Crippen molar-refractivity contribution >= 4 is 5.78 Å². The molecule has 19 heavy (non-hydrogen) atoms. The van der Waals surface area contributed by atoms with Gasteiger partial charge >= 0.3 is 0 Å². The highest BCUT2D eigenvalue weighted by Crippen LogP contribution is 2.19. The van der Waals surface area contributed by atoms with Crippen molar-refractivity contribution in [2.75, 3.05) is 13.1 Å². The summed E-state index contributed by atoms with van der Waals surface area (Å²) in [5.41, 5.74) is 1.22. The number of ketones is 1. The number of imidazole rings is 1. The Morgan fingerprint density at radius 3 is 2.68 bits per heavy atom. The molecule has 0 bridgehead atoms. The fourth-order valence-electron chi connectivity index (χ4n) is 2.50. The van der Waals surface area contributed by atoms with Gasteiger partial charge in [-0.25, -0.2) is 4.98 Å². The third kappa shape index (κ3) is 2.58. The first-order valence-corrected chi connectivity index (χ1v) is 6.68. The van der Waals surface area contributed by atoms with Gasteiger partial charge in [0.05, 0.1) is 6.33 Å². The third-order valence-corrected chi connectivity index (χ3v) is 3.60. The Morgan fingerprint density at radius 2 is 1.95 bits per heavy atom. The molecule has 98 valence electrons. The minimum atomic E-state index is -0.00622. The topological polar surface area (TPSA) is 46.9 Å². The Balaban J connectivity index is 1.79. The summed E-state index contributed by atoms with van der Waals surface area (Å²) in [5, 5.41) is 3.34. The molecule has 4 nitrogen and oxygen atoms in total. The van der Waals surface area contributed by atoms with Crippen LogP contribution < -0.4 is 5.32 Å². The number of carbonyl (C=O) groups is 1. The summed E-state index contributed by atoms with van der Waals surface area (Å²) in [5.74, 6) is -0.00622. The standard InChI is InChI=1S/C15H17N3O/c19-15(12-4-2-1-3-5-12)14-10-18(11-17-14)13-6-8-16-9-7-13/h1-5,10-11,13,16H,6-9H2. The van der Waals surface area contributed by atoms with E-state index in [9.17, 15) is 4.79 Å². The lowest BCUT2D eigenvalue weighted by molar-refractivity contribution is 0.103. The second-order valence-corrected chi connectivity index (χ2v) is 4.88. The Hall–Kier alpha value is -1.94. The second kappa shape index (κ2) is 5.36. The van der Waals surface area contributed by atoms with Gasteiger partial charge in [0.1, 0.15) is 5.69 Å². The molecule has 3 rings (SSSR count). The number of piperidine rings is 1. The summed E-state index contributed by atoms with van der Waals surface area (Å²) in [6.07, 6.45) is 5.85. The quantitative estimate of drug-likeness (QED) is 0.854. The summed E-state index contributed by atoms with van der Waals surface area (Å²) < 4.78 is 2.08. The van der Waals surface area contributed by atoms with Crippen LogP contribution in [0.1, 0.15) is 34.9 Å². The summed E-state index contributed by atoms with van der Waals surface area (Å²) in [6, 6.07) is 9.77. The average molecular weight is 255 g/mol. The number of benzene rings is 1. The Bertz CT molecular complexity index is 556. The van der Waals surface area contributed by atoms with Gasteiger partial charge in [0.15, 0.2) is 0 Å². The first kappa shape index (κ1) is 12.1. The highest BCUT2D eigenvalue weighted by atomic mass is 16.1. The summed E-state index contributed by atoms with van der Waals surface area (Å²) in [4.78, 5) is 16.5. The van der Waals surface area contributed by atoms with E-state index < -0.39 is 0 Å². The van der Waals surface area contributed by atoms with Crippen molar-refractivity contribution in [2.24, 2.45) is 0 Å². The van der Waals surface area contributed by atoms with Crippen molar-refractivity contribution in [3.63, 3.8) is 0 Å². The summed E-state index contributed by atoms with van der Waals surface area (Å²) in [6.45, 7) is 2.07. The molecule has 4 heteroatoms. The van der Waals surface area contributed by atoms with E-state index in [4.69, 9.17) is 0 Å². The van der Waals surface area contributed by atoms with E-state index in [-0.39, 0.29) is 5.78 Å². The number of hydrogen-bond acceptors (Lipinski definition) is 3. The average Bonchev–Trinajstić information content (AvgIpc) is 2.98. The second-order valence-electron chi connectivity index (χ2n) is 4.88. The fourth-order valence-corrected chi connectivity index (χ4v) is 2.50. The van der Waals surface area contributed by atoms with Gasteiger partial charge in [-0.2, -0.15) is 0 Å². The Kier molecular flexibility index (Phi) is 3.42. The SMILES string of the molecule is O=C(c1ccccc1)c1cn(C2CCNCC2)cn1. The third-order valence-electron chi connectivity index (χ3n) is 3.60. The number of hydrogen-bond donors (Lipinski definition) is 1. The van der Waals surface area contributed by atoms with Crippen LogP contribution in [0.4, 0.5) is 0 Å². The van der Waals surface area contributed by atoms with Crippen molar-refractivity contribution in [3.05, 3.63) is 54.1 Å². The predicted octanol–water partition coefficient (Wildman–Crippen LogP) is 2.04. The van der Waals surface area contributed by atoms with Crippen LogP contribution in [-0.2, 0) is 0 Å². The Morgan fingerprint density at radius 1 is 1.21 bits per heavy atom. The van der Waals surface area contributed by atoms with Gasteiger partial charge in [-0.1, -0.05) is 30.3 Å². The number of rotatable bonds is 3. The molecule has 0 atom stereocenters. The van der Waals surface area contributed by atoms with Crippen LogP contribution in [0.2, 0.25) is 0 Å². The highest BCUT2D eigenvalue weighted by molar-refractivity contribution is 6.07. The zero-order valence-electron chi connectivity index (χ0n) is 10.7. The molecule has 1 aromatic carbocycles. The van der Waals surface area contributed by atoms with Crippen LogP contribution in [0.3, 0.4) is 0 Å². The lowest BCUT2D eigenvalue weighted by Gasteiger charge is -2.23. The fraction of sp³-hybridized carbons (Fsp3) is 0.333. The zero-order valence-corrected chi connectivity index (χ0v) is 10.7. The molecule has 0 spiro atoms. The molecule has 0 saturated carbocycles. The van der Waals surface area contributed by atoms with Gasteiger partial charge in [-0.15, -0.1) is 0 Å². The molecule has 1 saturated heterocycles. The van der Waals surface area contributed by atoms with Crippen LogP contribution >= 0.6 is 0 Å². The van der Waals surface area contributed by atoms with Gasteiger partial charge in [-0.05, 0) is 25.9 Å². The molecular formula is C15H17N3O. The van der Waals surface area contributed by atoms with Crippen molar-refractivity contribution < 1.29 is 4.79 Å². The molecule has 1 aliphatic rings. The lowest BCUT2D eigenvalue weighted by atomic mass is 10.1. The minimum Gasteiger partial charge on any atom is -0.334 e. The number of nitrogens with one attached hydrogen (secondary N) is 1. The van der Waals surface area contributed by atoms with Gasteiger partial charge in [0.25, 0.3) is 0 Å². The van der Waals surface area contributed by atoms with Gasteiger partial charge < -0.3 is 9.88 Å². The van der Waals surface area contributed by atoms with E-state index in [2.05, 4.69) is 14.9 Å². The van der Waals surface area contributed by atoms with Crippen LogP contribution in [0.15, 0.2) is 42.9 Å². The largest absolute Gasteiger partial charge is 0.334 e. The molecule has 2 aromatic rings. The maximum Gasteiger partial charge on any atom is 0.212 e. The van der Waals surface area contributed by atoms with E-state index in [0.29, 0.717) is 17.3 Å².